The molecule has 0 radical (unpaired) electrons. The third-order valence-corrected chi connectivity index (χ3v) is 3.71. The summed E-state index contributed by atoms with van der Waals surface area (Å²) in [6, 6.07) is 4.27. The molecule has 0 fully saturated rings. The molecule has 0 saturated heterocycles. The first-order valence-corrected chi connectivity index (χ1v) is 6.06. The Kier molecular flexibility index (Phi) is 4.56. The van der Waals surface area contributed by atoms with Gasteiger partial charge in [0.25, 0.3) is 0 Å². The molecule has 0 atom stereocenters. The normalized spacial score (nSPS) is 11.0. The van der Waals surface area contributed by atoms with E-state index in [0.29, 0.717) is 11.7 Å². The lowest BCUT2D eigenvalue weighted by Crippen LogP contribution is -1.78. The van der Waals surface area contributed by atoms with E-state index in [1.807, 2.05) is 12.2 Å². The number of hydrogen-bond donors (Lipinski definition) is 0. The summed E-state index contributed by atoms with van der Waals surface area (Å²) in [7, 11) is 1.61. The first-order chi connectivity index (χ1) is 7.54. The summed E-state index contributed by atoms with van der Waals surface area (Å²) in [4.78, 5) is 2.58. The van der Waals surface area contributed by atoms with Crippen LogP contribution in [0.5, 0.6) is 0 Å². The van der Waals surface area contributed by atoms with Crippen molar-refractivity contribution in [2.45, 2.75) is 19.8 Å². The molecule has 1 heterocycles. The Balaban J connectivity index is 2.73. The molecule has 0 amide bonds. The van der Waals surface area contributed by atoms with Crippen LogP contribution in [0.2, 0.25) is 0 Å². The van der Waals surface area contributed by atoms with E-state index in [-0.39, 0.29) is 0 Å². The van der Waals surface area contributed by atoms with Gasteiger partial charge in [-0.25, -0.2) is 0 Å². The van der Waals surface area contributed by atoms with Crippen LogP contribution in [-0.4, -0.2) is 7.11 Å². The molecule has 0 aliphatic carbocycles. The number of ether oxygens (including phenoxy) is 1. The molecule has 0 spiro atoms. The van der Waals surface area contributed by atoms with E-state index in [0.717, 1.165) is 5.57 Å². The van der Waals surface area contributed by atoms with Crippen molar-refractivity contribution < 1.29 is 4.74 Å². The van der Waals surface area contributed by atoms with Gasteiger partial charge in [0, 0.05) is 9.75 Å². The summed E-state index contributed by atoms with van der Waals surface area (Å²) in [6.45, 7) is 12.1. The highest BCUT2D eigenvalue weighted by atomic mass is 32.1. The van der Waals surface area contributed by atoms with E-state index in [9.17, 15) is 0 Å². The third-order valence-electron chi connectivity index (χ3n) is 2.24. The van der Waals surface area contributed by atoms with E-state index in [2.05, 4.69) is 39.1 Å². The van der Waals surface area contributed by atoms with E-state index in [1.54, 1.807) is 18.4 Å². The summed E-state index contributed by atoms with van der Waals surface area (Å²) < 4.78 is 4.96. The van der Waals surface area contributed by atoms with Crippen molar-refractivity contribution in [3.8, 4) is 0 Å². The largest absolute Gasteiger partial charge is 0.497 e. The summed E-state index contributed by atoms with van der Waals surface area (Å²) in [6.07, 6.45) is 3.76. The molecule has 1 nitrogen and oxygen atoms in total. The van der Waals surface area contributed by atoms with Gasteiger partial charge in [-0.3, -0.25) is 0 Å². The molecule has 0 saturated carbocycles. The summed E-state index contributed by atoms with van der Waals surface area (Å²) in [5.74, 6) is 1.21. The van der Waals surface area contributed by atoms with Crippen LogP contribution in [0.4, 0.5) is 0 Å². The zero-order valence-corrected chi connectivity index (χ0v) is 10.9. The van der Waals surface area contributed by atoms with Crippen LogP contribution in [0.15, 0.2) is 43.2 Å². The minimum absolute atomic E-state index is 0.574. The molecule has 1 aromatic heterocycles. The van der Waals surface area contributed by atoms with Crippen molar-refractivity contribution in [2.75, 3.05) is 7.11 Å². The molecule has 1 aromatic rings. The maximum Gasteiger partial charge on any atom is 0.111 e. The summed E-state index contributed by atoms with van der Waals surface area (Å²) in [5, 5.41) is 0. The fraction of sp³-hybridized carbons (Fsp3) is 0.286. The SMILES string of the molecule is C=C(/C=C\C(=C)c1ccc(C(C)C)s1)OC. The number of rotatable bonds is 5. The Morgan fingerprint density at radius 3 is 2.50 bits per heavy atom. The lowest BCUT2D eigenvalue weighted by Gasteiger charge is -1.99. The zero-order valence-electron chi connectivity index (χ0n) is 10.1. The van der Waals surface area contributed by atoms with Gasteiger partial charge in [-0.1, -0.05) is 33.1 Å². The lowest BCUT2D eigenvalue weighted by molar-refractivity contribution is 0.309. The molecule has 0 N–H and O–H groups in total. The Labute approximate surface area is 102 Å². The van der Waals surface area contributed by atoms with Crippen LogP contribution in [-0.2, 0) is 4.74 Å². The second kappa shape index (κ2) is 5.71. The van der Waals surface area contributed by atoms with Gasteiger partial charge in [0.2, 0.25) is 0 Å². The number of hydrogen-bond acceptors (Lipinski definition) is 2. The van der Waals surface area contributed by atoms with Crippen LogP contribution in [0, 0.1) is 0 Å². The Morgan fingerprint density at radius 2 is 2.00 bits per heavy atom. The summed E-state index contributed by atoms with van der Waals surface area (Å²) >= 11 is 1.79. The molecule has 0 unspecified atom stereocenters. The molecule has 16 heavy (non-hydrogen) atoms. The fourth-order valence-electron chi connectivity index (χ4n) is 1.18. The molecule has 0 aliphatic heterocycles. The molecule has 1 rings (SSSR count). The fourth-order valence-corrected chi connectivity index (χ4v) is 2.14. The van der Waals surface area contributed by atoms with Crippen LogP contribution < -0.4 is 0 Å². The topological polar surface area (TPSA) is 9.23 Å². The van der Waals surface area contributed by atoms with Gasteiger partial charge in [0.1, 0.15) is 5.76 Å². The van der Waals surface area contributed by atoms with Crippen molar-refractivity contribution in [1.29, 1.82) is 0 Å². The zero-order chi connectivity index (χ0) is 12.1. The Bertz CT molecular complexity index is 410. The Morgan fingerprint density at radius 1 is 1.31 bits per heavy atom. The van der Waals surface area contributed by atoms with Crippen molar-refractivity contribution in [1.82, 2.24) is 0 Å². The number of thiophene rings is 1. The predicted octanol–water partition coefficient (Wildman–Crippen LogP) is 4.60. The lowest BCUT2D eigenvalue weighted by atomic mass is 10.2. The molecule has 2 heteroatoms. The second-order valence-electron chi connectivity index (χ2n) is 3.89. The monoisotopic (exact) mass is 234 g/mol. The van der Waals surface area contributed by atoms with Crippen molar-refractivity contribution >= 4 is 16.9 Å². The van der Waals surface area contributed by atoms with Gasteiger partial charge in [-0.2, -0.15) is 0 Å². The average Bonchev–Trinajstić information content (AvgIpc) is 2.74. The van der Waals surface area contributed by atoms with Crippen molar-refractivity contribution in [2.24, 2.45) is 0 Å². The van der Waals surface area contributed by atoms with E-state index < -0.39 is 0 Å². The highest BCUT2D eigenvalue weighted by Gasteiger charge is 2.04. The Hall–Kier alpha value is -1.28. The minimum atomic E-state index is 0.574. The predicted molar refractivity (Wildman–Crippen MR) is 72.7 cm³/mol. The maximum atomic E-state index is 4.96. The van der Waals surface area contributed by atoms with Gasteiger partial charge >= 0.3 is 0 Å². The highest BCUT2D eigenvalue weighted by Crippen LogP contribution is 2.28. The third kappa shape index (κ3) is 3.38. The standard InChI is InChI=1S/C14H18OS/c1-10(2)13-8-9-14(16-13)11(3)6-7-12(4)15-5/h6-10H,3-4H2,1-2,5H3/b7-6-. The van der Waals surface area contributed by atoms with Crippen molar-refractivity contribution in [3.05, 3.63) is 53.0 Å². The number of methoxy groups -OCH3 is 1. The maximum absolute atomic E-state index is 4.96. The van der Waals surface area contributed by atoms with Gasteiger partial charge < -0.3 is 4.74 Å². The molecule has 86 valence electrons. The molecule has 0 aromatic carbocycles. The molecule has 0 bridgehead atoms. The van der Waals surface area contributed by atoms with Gasteiger partial charge in [-0.05, 0) is 29.7 Å². The molecular weight excluding hydrogens is 216 g/mol. The van der Waals surface area contributed by atoms with Crippen LogP contribution >= 0.6 is 11.3 Å². The van der Waals surface area contributed by atoms with Gasteiger partial charge in [0.05, 0.1) is 7.11 Å². The number of allylic oxidation sites excluding steroid dienone is 3. The highest BCUT2D eigenvalue weighted by molar-refractivity contribution is 7.13. The second-order valence-corrected chi connectivity index (χ2v) is 5.00. The average molecular weight is 234 g/mol. The van der Waals surface area contributed by atoms with Gasteiger partial charge in [-0.15, -0.1) is 11.3 Å². The molecule has 0 aliphatic rings. The smallest absolute Gasteiger partial charge is 0.111 e. The van der Waals surface area contributed by atoms with E-state index in [1.165, 1.54) is 9.75 Å². The van der Waals surface area contributed by atoms with Gasteiger partial charge in [0.15, 0.2) is 0 Å². The van der Waals surface area contributed by atoms with Crippen molar-refractivity contribution in [3.63, 3.8) is 0 Å². The van der Waals surface area contributed by atoms with E-state index >= 15 is 0 Å². The van der Waals surface area contributed by atoms with Crippen LogP contribution in [0.25, 0.3) is 5.57 Å². The first kappa shape index (κ1) is 12.8. The van der Waals surface area contributed by atoms with Crippen LogP contribution in [0.1, 0.15) is 29.5 Å². The summed E-state index contributed by atoms with van der Waals surface area (Å²) in [5.41, 5.74) is 0.995. The van der Waals surface area contributed by atoms with Crippen LogP contribution in [0.3, 0.4) is 0 Å². The minimum Gasteiger partial charge on any atom is -0.497 e. The first-order valence-electron chi connectivity index (χ1n) is 5.24. The molecular formula is C14H18OS. The van der Waals surface area contributed by atoms with E-state index in [4.69, 9.17) is 4.74 Å². The quantitative estimate of drug-likeness (QED) is 0.534.